The van der Waals surface area contributed by atoms with Crippen LogP contribution in [0.4, 0.5) is 0 Å². The molecule has 0 atom stereocenters. The van der Waals surface area contributed by atoms with Crippen molar-refractivity contribution in [1.29, 1.82) is 0 Å². The Kier molecular flexibility index (Phi) is 3.90. The van der Waals surface area contributed by atoms with Gasteiger partial charge in [-0.3, -0.25) is 4.79 Å². The highest BCUT2D eigenvalue weighted by Gasteiger charge is 2.15. The molecule has 2 aromatic heterocycles. The Balaban J connectivity index is 2.52. The van der Waals surface area contributed by atoms with Crippen LogP contribution >= 0.6 is 11.6 Å². The second kappa shape index (κ2) is 5.44. The standard InChI is InChI=1S/C12H15ClN4O2/c1-16(2)11(18)7-17-9(6-13)14-8-4-5-10(19-3)15-12(8)17/h4-5H,6-7H2,1-3H3. The van der Waals surface area contributed by atoms with Crippen molar-refractivity contribution in [3.8, 4) is 5.88 Å². The molecule has 0 aliphatic heterocycles. The van der Waals surface area contributed by atoms with Crippen molar-refractivity contribution in [2.75, 3.05) is 21.2 Å². The maximum absolute atomic E-state index is 11.9. The SMILES string of the molecule is COc1ccc2nc(CCl)n(CC(=O)N(C)C)c2n1. The van der Waals surface area contributed by atoms with Crippen molar-refractivity contribution < 1.29 is 9.53 Å². The molecule has 0 fully saturated rings. The first-order chi connectivity index (χ1) is 9.06. The third-order valence-electron chi connectivity index (χ3n) is 2.77. The van der Waals surface area contributed by atoms with Gasteiger partial charge in [0.15, 0.2) is 5.65 Å². The van der Waals surface area contributed by atoms with Gasteiger partial charge in [0.2, 0.25) is 11.8 Å². The number of hydrogen-bond acceptors (Lipinski definition) is 4. The van der Waals surface area contributed by atoms with Crippen LogP contribution in [0.15, 0.2) is 12.1 Å². The molecule has 0 saturated carbocycles. The van der Waals surface area contributed by atoms with Crippen LogP contribution in [0.5, 0.6) is 5.88 Å². The van der Waals surface area contributed by atoms with Crippen LogP contribution in [0, 0.1) is 0 Å². The highest BCUT2D eigenvalue weighted by molar-refractivity contribution is 6.16. The average Bonchev–Trinajstić information content (AvgIpc) is 2.75. The Morgan fingerprint density at radius 2 is 2.16 bits per heavy atom. The third-order valence-corrected chi connectivity index (χ3v) is 3.01. The number of ether oxygens (including phenoxy) is 1. The summed E-state index contributed by atoms with van der Waals surface area (Å²) in [6, 6.07) is 3.53. The van der Waals surface area contributed by atoms with Gasteiger partial charge in [0.1, 0.15) is 17.9 Å². The summed E-state index contributed by atoms with van der Waals surface area (Å²) in [5, 5.41) is 0. The van der Waals surface area contributed by atoms with Gasteiger partial charge in [-0.1, -0.05) is 0 Å². The number of carbonyl (C=O) groups is 1. The molecule has 0 radical (unpaired) electrons. The molecule has 1 amide bonds. The molecule has 2 heterocycles. The zero-order valence-electron chi connectivity index (χ0n) is 11.1. The number of nitrogens with zero attached hydrogens (tertiary/aromatic N) is 4. The first kappa shape index (κ1) is 13.6. The molecule has 6 nitrogen and oxygen atoms in total. The number of likely N-dealkylation sites (N-methyl/N-ethyl adjacent to an activating group) is 1. The third kappa shape index (κ3) is 2.63. The van der Waals surface area contributed by atoms with E-state index in [-0.39, 0.29) is 18.3 Å². The summed E-state index contributed by atoms with van der Waals surface area (Å²) in [5.74, 6) is 1.27. The summed E-state index contributed by atoms with van der Waals surface area (Å²) in [6.45, 7) is 0.158. The Morgan fingerprint density at radius 3 is 2.74 bits per heavy atom. The largest absolute Gasteiger partial charge is 0.481 e. The van der Waals surface area contributed by atoms with Gasteiger partial charge in [-0.25, -0.2) is 4.98 Å². The fraction of sp³-hybridized carbons (Fsp3) is 0.417. The van der Waals surface area contributed by atoms with E-state index < -0.39 is 0 Å². The molecule has 0 bridgehead atoms. The normalized spacial score (nSPS) is 10.7. The maximum atomic E-state index is 11.9. The Morgan fingerprint density at radius 1 is 1.42 bits per heavy atom. The number of amides is 1. The van der Waals surface area contributed by atoms with E-state index in [0.29, 0.717) is 22.9 Å². The van der Waals surface area contributed by atoms with E-state index in [9.17, 15) is 4.79 Å². The summed E-state index contributed by atoms with van der Waals surface area (Å²) >= 11 is 5.87. The lowest BCUT2D eigenvalue weighted by Gasteiger charge is -2.12. The van der Waals surface area contributed by atoms with Crippen LogP contribution in [-0.2, 0) is 17.2 Å². The zero-order valence-corrected chi connectivity index (χ0v) is 11.8. The quantitative estimate of drug-likeness (QED) is 0.792. The molecule has 19 heavy (non-hydrogen) atoms. The van der Waals surface area contributed by atoms with Gasteiger partial charge in [0, 0.05) is 20.2 Å². The predicted molar refractivity (Wildman–Crippen MR) is 72.3 cm³/mol. The number of fused-ring (bicyclic) bond motifs is 1. The van der Waals surface area contributed by atoms with Crippen molar-refractivity contribution in [2.45, 2.75) is 12.4 Å². The molecule has 7 heteroatoms. The molecule has 0 aliphatic rings. The number of hydrogen-bond donors (Lipinski definition) is 0. The number of rotatable bonds is 4. The van der Waals surface area contributed by atoms with E-state index in [2.05, 4.69) is 9.97 Å². The van der Waals surface area contributed by atoms with Crippen molar-refractivity contribution in [3.63, 3.8) is 0 Å². The van der Waals surface area contributed by atoms with E-state index in [1.54, 1.807) is 37.9 Å². The number of alkyl halides is 1. The van der Waals surface area contributed by atoms with E-state index in [0.717, 1.165) is 0 Å². The number of methoxy groups -OCH3 is 1. The van der Waals surface area contributed by atoms with Crippen LogP contribution in [-0.4, -0.2) is 46.5 Å². The van der Waals surface area contributed by atoms with E-state index in [1.165, 1.54) is 4.90 Å². The molecule has 0 N–H and O–H groups in total. The molecule has 102 valence electrons. The molecule has 2 rings (SSSR count). The summed E-state index contributed by atoms with van der Waals surface area (Å²) in [7, 11) is 4.95. The first-order valence-corrected chi connectivity index (χ1v) is 6.26. The number of halogens is 1. The lowest BCUT2D eigenvalue weighted by atomic mass is 10.4. The van der Waals surface area contributed by atoms with Crippen LogP contribution < -0.4 is 4.74 Å². The summed E-state index contributed by atoms with van der Waals surface area (Å²) in [5.41, 5.74) is 1.30. The molecule has 0 aromatic carbocycles. The summed E-state index contributed by atoms with van der Waals surface area (Å²) in [6.07, 6.45) is 0. The average molecular weight is 283 g/mol. The van der Waals surface area contributed by atoms with Crippen LogP contribution in [0.3, 0.4) is 0 Å². The Labute approximate surface area is 115 Å². The van der Waals surface area contributed by atoms with Crippen molar-refractivity contribution in [2.24, 2.45) is 0 Å². The molecule has 0 aliphatic carbocycles. The molecule has 0 spiro atoms. The van der Waals surface area contributed by atoms with Gasteiger partial charge >= 0.3 is 0 Å². The minimum atomic E-state index is -0.0460. The second-order valence-corrected chi connectivity index (χ2v) is 4.50. The van der Waals surface area contributed by atoms with Gasteiger partial charge in [0.25, 0.3) is 0 Å². The van der Waals surface area contributed by atoms with E-state index in [4.69, 9.17) is 16.3 Å². The number of carbonyl (C=O) groups excluding carboxylic acids is 1. The monoisotopic (exact) mass is 282 g/mol. The van der Waals surface area contributed by atoms with Crippen molar-refractivity contribution >= 4 is 28.7 Å². The lowest BCUT2D eigenvalue weighted by molar-refractivity contribution is -0.129. The molecule has 2 aromatic rings. The highest BCUT2D eigenvalue weighted by Crippen LogP contribution is 2.19. The minimum Gasteiger partial charge on any atom is -0.481 e. The van der Waals surface area contributed by atoms with Crippen LogP contribution in [0.25, 0.3) is 11.2 Å². The second-order valence-electron chi connectivity index (χ2n) is 4.23. The van der Waals surface area contributed by atoms with Crippen LogP contribution in [0.1, 0.15) is 5.82 Å². The Hall–Kier alpha value is -1.82. The minimum absolute atomic E-state index is 0.0460. The van der Waals surface area contributed by atoms with Gasteiger partial charge < -0.3 is 14.2 Å². The lowest BCUT2D eigenvalue weighted by Crippen LogP contribution is -2.27. The van der Waals surface area contributed by atoms with Gasteiger partial charge in [-0.2, -0.15) is 4.98 Å². The maximum Gasteiger partial charge on any atom is 0.242 e. The number of pyridine rings is 1. The smallest absolute Gasteiger partial charge is 0.242 e. The van der Waals surface area contributed by atoms with Crippen molar-refractivity contribution in [3.05, 3.63) is 18.0 Å². The topological polar surface area (TPSA) is 60.3 Å². The van der Waals surface area contributed by atoms with E-state index in [1.807, 2.05) is 0 Å². The number of imidazole rings is 1. The van der Waals surface area contributed by atoms with Gasteiger partial charge in [0.05, 0.1) is 13.0 Å². The summed E-state index contributed by atoms with van der Waals surface area (Å²) in [4.78, 5) is 22.1. The Bertz CT molecular complexity index is 609. The molecular formula is C12H15ClN4O2. The van der Waals surface area contributed by atoms with Gasteiger partial charge in [-0.05, 0) is 6.07 Å². The summed E-state index contributed by atoms with van der Waals surface area (Å²) < 4.78 is 6.81. The predicted octanol–water partition coefficient (Wildman–Crippen LogP) is 1.27. The fourth-order valence-electron chi connectivity index (χ4n) is 1.69. The van der Waals surface area contributed by atoms with Crippen LogP contribution in [0.2, 0.25) is 0 Å². The highest BCUT2D eigenvalue weighted by atomic mass is 35.5. The fourth-order valence-corrected chi connectivity index (χ4v) is 1.89. The molecule has 0 saturated heterocycles. The molecule has 0 unspecified atom stereocenters. The van der Waals surface area contributed by atoms with Gasteiger partial charge in [-0.15, -0.1) is 11.6 Å². The van der Waals surface area contributed by atoms with Crippen molar-refractivity contribution in [1.82, 2.24) is 19.4 Å². The van der Waals surface area contributed by atoms with E-state index >= 15 is 0 Å². The number of aromatic nitrogens is 3. The first-order valence-electron chi connectivity index (χ1n) is 5.73. The molecular weight excluding hydrogens is 268 g/mol. The zero-order chi connectivity index (χ0) is 14.0.